The number of nitrogens with zero attached hydrogens (tertiary/aromatic N) is 2. The summed E-state index contributed by atoms with van der Waals surface area (Å²) in [4.78, 5) is 14.4. The zero-order valence-corrected chi connectivity index (χ0v) is 16.1. The van der Waals surface area contributed by atoms with Gasteiger partial charge in [-0.25, -0.2) is 8.42 Å². The van der Waals surface area contributed by atoms with Crippen LogP contribution in [0.25, 0.3) is 6.08 Å². The van der Waals surface area contributed by atoms with Crippen molar-refractivity contribution in [1.82, 2.24) is 9.21 Å². The van der Waals surface area contributed by atoms with Crippen LogP contribution >= 0.6 is 11.6 Å². The molecule has 2 fully saturated rings. The zero-order valence-electron chi connectivity index (χ0n) is 14.5. The third-order valence-corrected chi connectivity index (χ3v) is 6.61. The number of piperidine rings is 1. The first kappa shape index (κ1) is 19.4. The predicted molar refractivity (Wildman–Crippen MR) is 101 cm³/mol. The van der Waals surface area contributed by atoms with Gasteiger partial charge in [0.05, 0.1) is 13.2 Å². The molecule has 0 bridgehead atoms. The Morgan fingerprint density at radius 1 is 1.08 bits per heavy atom. The minimum absolute atomic E-state index is 0.0974. The zero-order chi connectivity index (χ0) is 18.6. The van der Waals surface area contributed by atoms with E-state index in [2.05, 4.69) is 0 Å². The van der Waals surface area contributed by atoms with E-state index in [-0.39, 0.29) is 11.8 Å². The highest BCUT2D eigenvalue weighted by atomic mass is 35.5. The first-order valence-corrected chi connectivity index (χ1v) is 10.6. The summed E-state index contributed by atoms with van der Waals surface area (Å²) in [6.07, 6.45) is 2.69. The third-order valence-electron chi connectivity index (χ3n) is 4.79. The van der Waals surface area contributed by atoms with Gasteiger partial charge in [0.15, 0.2) is 0 Å². The smallest absolute Gasteiger partial charge is 0.236 e. The van der Waals surface area contributed by atoms with Crippen molar-refractivity contribution < 1.29 is 17.9 Å². The molecule has 142 valence electrons. The summed E-state index contributed by atoms with van der Waals surface area (Å²) in [5, 5.41) is 1.83. The largest absolute Gasteiger partial charge is 0.378 e. The van der Waals surface area contributed by atoms with Gasteiger partial charge in [0.25, 0.3) is 0 Å². The van der Waals surface area contributed by atoms with Crippen LogP contribution < -0.4 is 0 Å². The maximum absolute atomic E-state index is 12.5. The number of morpholine rings is 1. The molecule has 0 saturated carbocycles. The number of carbonyl (C=O) groups is 1. The van der Waals surface area contributed by atoms with Crippen molar-refractivity contribution in [3.63, 3.8) is 0 Å². The molecule has 2 saturated heterocycles. The van der Waals surface area contributed by atoms with Gasteiger partial charge >= 0.3 is 0 Å². The van der Waals surface area contributed by atoms with Gasteiger partial charge in [-0.3, -0.25) is 4.79 Å². The number of ether oxygens (including phenoxy) is 1. The van der Waals surface area contributed by atoms with Crippen molar-refractivity contribution in [2.45, 2.75) is 12.8 Å². The summed E-state index contributed by atoms with van der Waals surface area (Å²) in [5.41, 5.74) is 0.773. The van der Waals surface area contributed by atoms with Crippen molar-refractivity contribution in [2.24, 2.45) is 5.92 Å². The third kappa shape index (κ3) is 4.85. The molecule has 2 heterocycles. The number of carbonyl (C=O) groups excluding carboxylic acids is 1. The van der Waals surface area contributed by atoms with Gasteiger partial charge in [-0.15, -0.1) is 0 Å². The number of amides is 1. The maximum Gasteiger partial charge on any atom is 0.236 e. The Labute approximate surface area is 159 Å². The minimum atomic E-state index is -3.49. The molecule has 6 nitrogen and oxygen atoms in total. The molecular formula is C18H23ClN2O4S. The number of benzene rings is 1. The first-order chi connectivity index (χ1) is 12.5. The predicted octanol–water partition coefficient (Wildman–Crippen LogP) is 2.21. The molecule has 26 heavy (non-hydrogen) atoms. The highest BCUT2D eigenvalue weighted by molar-refractivity contribution is 7.92. The van der Waals surface area contributed by atoms with E-state index >= 15 is 0 Å². The van der Waals surface area contributed by atoms with Gasteiger partial charge in [0.1, 0.15) is 0 Å². The van der Waals surface area contributed by atoms with Crippen LogP contribution in [-0.4, -0.2) is 62.9 Å². The standard InChI is InChI=1S/C18H23ClN2O4S/c19-17-3-1-15(2-4-17)7-14-26(23,24)21-8-5-16(6-9-21)18(22)20-10-12-25-13-11-20/h1-4,7,14,16H,5-6,8-13H2. The molecule has 3 rings (SSSR count). The van der Waals surface area contributed by atoms with Gasteiger partial charge in [-0.05, 0) is 36.6 Å². The van der Waals surface area contributed by atoms with Crippen LogP contribution in [0.15, 0.2) is 29.7 Å². The quantitative estimate of drug-likeness (QED) is 0.779. The lowest BCUT2D eigenvalue weighted by molar-refractivity contribution is -0.140. The van der Waals surface area contributed by atoms with Crippen LogP contribution in [0, 0.1) is 5.92 Å². The van der Waals surface area contributed by atoms with Crippen molar-refractivity contribution in [1.29, 1.82) is 0 Å². The topological polar surface area (TPSA) is 66.9 Å². The van der Waals surface area contributed by atoms with Crippen LogP contribution in [0.5, 0.6) is 0 Å². The monoisotopic (exact) mass is 398 g/mol. The second-order valence-corrected chi connectivity index (χ2v) is 8.77. The lowest BCUT2D eigenvalue weighted by Gasteiger charge is -2.34. The highest BCUT2D eigenvalue weighted by Crippen LogP contribution is 2.23. The molecule has 2 aliphatic rings. The second-order valence-electron chi connectivity index (χ2n) is 6.51. The van der Waals surface area contributed by atoms with E-state index in [4.69, 9.17) is 16.3 Å². The van der Waals surface area contributed by atoms with Gasteiger partial charge in [0, 0.05) is 42.5 Å². The fourth-order valence-corrected chi connectivity index (χ4v) is 4.57. The SMILES string of the molecule is O=C(C1CCN(S(=O)(=O)C=Cc2ccc(Cl)cc2)CC1)N1CCOCC1. The van der Waals surface area contributed by atoms with Gasteiger partial charge < -0.3 is 9.64 Å². The Bertz CT molecular complexity index is 750. The van der Waals surface area contributed by atoms with E-state index in [0.717, 1.165) is 5.56 Å². The summed E-state index contributed by atoms with van der Waals surface area (Å²) in [6.45, 7) is 3.15. The molecule has 0 aliphatic carbocycles. The molecule has 0 aromatic heterocycles. The first-order valence-electron chi connectivity index (χ1n) is 8.76. The Morgan fingerprint density at radius 2 is 1.69 bits per heavy atom. The summed E-state index contributed by atoms with van der Waals surface area (Å²) >= 11 is 5.83. The summed E-state index contributed by atoms with van der Waals surface area (Å²) in [5.74, 6) is 0.0295. The maximum atomic E-state index is 12.5. The average molecular weight is 399 g/mol. The van der Waals surface area contributed by atoms with Crippen molar-refractivity contribution in [2.75, 3.05) is 39.4 Å². The van der Waals surface area contributed by atoms with Crippen LogP contribution in [-0.2, 0) is 19.6 Å². The lowest BCUT2D eigenvalue weighted by Crippen LogP contribution is -2.47. The van der Waals surface area contributed by atoms with Crippen LogP contribution in [0.3, 0.4) is 0 Å². The Kier molecular flexibility index (Phi) is 6.34. The molecule has 0 atom stereocenters. The van der Waals surface area contributed by atoms with Gasteiger partial charge in [-0.1, -0.05) is 23.7 Å². The number of sulfonamides is 1. The number of halogens is 1. The van der Waals surface area contributed by atoms with Gasteiger partial charge in [-0.2, -0.15) is 4.31 Å². The van der Waals surface area contributed by atoms with Crippen LogP contribution in [0.4, 0.5) is 0 Å². The van der Waals surface area contributed by atoms with E-state index in [0.29, 0.717) is 57.3 Å². The Hall–Kier alpha value is -1.41. The number of rotatable bonds is 4. The lowest BCUT2D eigenvalue weighted by atomic mass is 9.96. The molecule has 0 radical (unpaired) electrons. The molecule has 0 N–H and O–H groups in total. The highest BCUT2D eigenvalue weighted by Gasteiger charge is 2.32. The molecule has 0 spiro atoms. The molecule has 1 aromatic rings. The summed E-state index contributed by atoms with van der Waals surface area (Å²) < 4.78 is 31.7. The van der Waals surface area contributed by atoms with Crippen molar-refractivity contribution in [3.05, 3.63) is 40.3 Å². The number of hydrogen-bond acceptors (Lipinski definition) is 4. The van der Waals surface area contributed by atoms with Crippen LogP contribution in [0.2, 0.25) is 5.02 Å². The molecule has 0 unspecified atom stereocenters. The summed E-state index contributed by atoms with van der Waals surface area (Å²) in [6, 6.07) is 6.97. The fraction of sp³-hybridized carbons (Fsp3) is 0.500. The van der Waals surface area contributed by atoms with Gasteiger partial charge in [0.2, 0.25) is 15.9 Å². The minimum Gasteiger partial charge on any atom is -0.378 e. The van der Waals surface area contributed by atoms with E-state index in [1.54, 1.807) is 30.3 Å². The Morgan fingerprint density at radius 3 is 2.31 bits per heavy atom. The summed E-state index contributed by atoms with van der Waals surface area (Å²) in [7, 11) is -3.49. The van der Waals surface area contributed by atoms with Crippen LogP contribution in [0.1, 0.15) is 18.4 Å². The molecule has 2 aliphatic heterocycles. The van der Waals surface area contributed by atoms with E-state index < -0.39 is 10.0 Å². The molecule has 1 amide bonds. The molecular weight excluding hydrogens is 376 g/mol. The van der Waals surface area contributed by atoms with Crippen molar-refractivity contribution >= 4 is 33.6 Å². The normalized spacial score (nSPS) is 20.6. The van der Waals surface area contributed by atoms with Crippen molar-refractivity contribution in [3.8, 4) is 0 Å². The molecule has 8 heteroatoms. The fourth-order valence-electron chi connectivity index (χ4n) is 3.22. The Balaban J connectivity index is 1.56. The van der Waals surface area contributed by atoms with E-state index in [9.17, 15) is 13.2 Å². The number of hydrogen-bond donors (Lipinski definition) is 0. The average Bonchev–Trinajstić information content (AvgIpc) is 2.68. The second kappa shape index (κ2) is 8.52. The van der Waals surface area contributed by atoms with E-state index in [1.807, 2.05) is 4.90 Å². The van der Waals surface area contributed by atoms with E-state index in [1.165, 1.54) is 9.71 Å². The molecule has 1 aromatic carbocycles.